The third kappa shape index (κ3) is 4.49. The van der Waals surface area contributed by atoms with E-state index >= 15 is 0 Å². The van der Waals surface area contributed by atoms with E-state index < -0.39 is 16.5 Å². The predicted octanol–water partition coefficient (Wildman–Crippen LogP) is 3.93. The third-order valence-electron chi connectivity index (χ3n) is 5.75. The smallest absolute Gasteiger partial charge is 0.665 e. The molecule has 0 saturated heterocycles. The van der Waals surface area contributed by atoms with Crippen LogP contribution >= 0.6 is 0 Å². The molecule has 0 aromatic rings. The van der Waals surface area contributed by atoms with Crippen LogP contribution in [0, 0.1) is 0 Å². The largest absolute Gasteiger partial charge is 1.00 e. The van der Waals surface area contributed by atoms with Crippen LogP contribution in [0.25, 0.3) is 4.65 Å². The van der Waals surface area contributed by atoms with Crippen LogP contribution in [0.4, 0.5) is 0 Å². The molecule has 2 atom stereocenters. The summed E-state index contributed by atoms with van der Waals surface area (Å²) >= 11 is 0. The Morgan fingerprint density at radius 3 is 0.950 bits per heavy atom. The van der Waals surface area contributed by atoms with E-state index in [2.05, 4.69) is 82.3 Å². The monoisotopic (exact) mass is 307 g/mol. The molecular weight excluding hydrogens is 269 g/mol. The standard InChI is InChI=1S/C16H38NSi2.Li/c1-13(2)18(11,15(5,6)7)17-19(12,14(3)4)16(8,9)10;/h13-14H,1-12H3;/q-1;+1. The summed E-state index contributed by atoms with van der Waals surface area (Å²) in [5.41, 5.74) is 1.42. The van der Waals surface area contributed by atoms with Gasteiger partial charge >= 0.3 is 18.9 Å². The molecule has 0 amide bonds. The van der Waals surface area contributed by atoms with Crippen molar-refractivity contribution in [3.8, 4) is 0 Å². The molecule has 0 radical (unpaired) electrons. The minimum atomic E-state index is -1.65. The molecule has 0 fully saturated rings. The van der Waals surface area contributed by atoms with Gasteiger partial charge in [-0.05, 0) is 0 Å². The Hall–Kier alpha value is 0.991. The third-order valence-corrected chi connectivity index (χ3v) is 20.0. The molecule has 0 aliphatic rings. The SMILES string of the molecule is CC(C)[Si](C)([N-][Si](C)(C(C)C)C(C)(C)C)C(C)(C)C.[Li+]. The summed E-state index contributed by atoms with van der Waals surface area (Å²) in [4.78, 5) is 0. The first-order valence-electron chi connectivity index (χ1n) is 7.83. The maximum absolute atomic E-state index is 5.76. The molecular formula is C16H38LiNSi2. The second-order valence-corrected chi connectivity index (χ2v) is 20.0. The summed E-state index contributed by atoms with van der Waals surface area (Å²) < 4.78 is 5.76. The quantitative estimate of drug-likeness (QED) is 0.699. The van der Waals surface area contributed by atoms with Gasteiger partial charge in [-0.15, -0.1) is 0 Å². The Kier molecular flexibility index (Phi) is 8.19. The molecule has 1 nitrogen and oxygen atoms in total. The van der Waals surface area contributed by atoms with Crippen molar-refractivity contribution in [1.82, 2.24) is 0 Å². The van der Waals surface area contributed by atoms with Gasteiger partial charge in [0, 0.05) is 0 Å². The van der Waals surface area contributed by atoms with Crippen LogP contribution in [0.3, 0.4) is 0 Å². The van der Waals surface area contributed by atoms with Gasteiger partial charge in [0.2, 0.25) is 0 Å². The Morgan fingerprint density at radius 2 is 0.850 bits per heavy atom. The van der Waals surface area contributed by atoms with Crippen LogP contribution in [-0.4, -0.2) is 16.5 Å². The molecule has 0 aromatic carbocycles. The van der Waals surface area contributed by atoms with Crippen molar-refractivity contribution in [1.29, 1.82) is 0 Å². The van der Waals surface area contributed by atoms with E-state index in [1.165, 1.54) is 0 Å². The average molecular weight is 308 g/mol. The molecule has 0 rings (SSSR count). The number of rotatable bonds is 4. The zero-order valence-electron chi connectivity index (χ0n) is 16.6. The Labute approximate surface area is 143 Å². The molecule has 0 aromatic heterocycles. The van der Waals surface area contributed by atoms with Crippen LogP contribution < -0.4 is 18.9 Å². The molecule has 20 heavy (non-hydrogen) atoms. The Morgan fingerprint density at radius 1 is 0.650 bits per heavy atom. The first-order valence-corrected chi connectivity index (χ1v) is 12.9. The van der Waals surface area contributed by atoms with Gasteiger partial charge in [-0.2, -0.15) is 0 Å². The van der Waals surface area contributed by atoms with Crippen molar-refractivity contribution in [2.75, 3.05) is 0 Å². The van der Waals surface area contributed by atoms with Crippen LogP contribution in [0.5, 0.6) is 0 Å². The molecule has 0 heterocycles. The zero-order chi connectivity index (χ0) is 15.9. The number of hydrogen-bond acceptors (Lipinski definition) is 0. The van der Waals surface area contributed by atoms with Crippen LogP contribution in [-0.2, 0) is 0 Å². The van der Waals surface area contributed by atoms with E-state index in [1.54, 1.807) is 0 Å². The molecule has 0 bridgehead atoms. The summed E-state index contributed by atoms with van der Waals surface area (Å²) in [7, 11) is -3.30. The Balaban J connectivity index is 0. The molecule has 0 spiro atoms. The van der Waals surface area contributed by atoms with E-state index in [4.69, 9.17) is 4.65 Å². The van der Waals surface area contributed by atoms with Crippen molar-refractivity contribution >= 4 is 16.5 Å². The molecule has 0 N–H and O–H groups in total. The predicted molar refractivity (Wildman–Crippen MR) is 96.2 cm³/mol. The van der Waals surface area contributed by atoms with E-state index in [0.29, 0.717) is 21.2 Å². The zero-order valence-corrected chi connectivity index (χ0v) is 18.6. The molecule has 0 aliphatic heterocycles. The average Bonchev–Trinajstić information content (AvgIpc) is 2.12. The number of nitrogens with zero attached hydrogens (tertiary/aromatic N) is 1. The molecule has 116 valence electrons. The fourth-order valence-electron chi connectivity index (χ4n) is 2.81. The van der Waals surface area contributed by atoms with Crippen molar-refractivity contribution in [2.24, 2.45) is 0 Å². The molecule has 0 aliphatic carbocycles. The van der Waals surface area contributed by atoms with Crippen LogP contribution in [0.1, 0.15) is 69.2 Å². The van der Waals surface area contributed by atoms with Gasteiger partial charge in [0.1, 0.15) is 0 Å². The van der Waals surface area contributed by atoms with Crippen LogP contribution in [0.15, 0.2) is 0 Å². The van der Waals surface area contributed by atoms with Crippen molar-refractivity contribution < 1.29 is 18.9 Å². The van der Waals surface area contributed by atoms with E-state index in [0.717, 1.165) is 0 Å². The van der Waals surface area contributed by atoms with Gasteiger partial charge in [-0.1, -0.05) is 120 Å². The summed E-state index contributed by atoms with van der Waals surface area (Å²) in [6, 6.07) is 0. The van der Waals surface area contributed by atoms with Crippen molar-refractivity contribution in [2.45, 2.75) is 103 Å². The minimum absolute atomic E-state index is 0. The fourth-order valence-corrected chi connectivity index (χ4v) is 14.9. The van der Waals surface area contributed by atoms with Gasteiger partial charge in [0.05, 0.1) is 0 Å². The maximum atomic E-state index is 5.76. The van der Waals surface area contributed by atoms with E-state index in [1.807, 2.05) is 0 Å². The van der Waals surface area contributed by atoms with Crippen molar-refractivity contribution in [3.05, 3.63) is 4.65 Å². The summed E-state index contributed by atoms with van der Waals surface area (Å²) in [5.74, 6) is 0. The second kappa shape index (κ2) is 7.05. The molecule has 4 heteroatoms. The maximum Gasteiger partial charge on any atom is 1.00 e. The second-order valence-electron chi connectivity index (χ2n) is 9.22. The first-order chi connectivity index (χ1) is 8.09. The molecule has 2 unspecified atom stereocenters. The summed E-state index contributed by atoms with van der Waals surface area (Å²) in [6.07, 6.45) is 0. The first kappa shape index (κ1) is 23.3. The Bertz CT molecular complexity index is 275. The normalized spacial score (nSPS) is 19.5. The summed E-state index contributed by atoms with van der Waals surface area (Å²) in [6.45, 7) is 29.0. The topological polar surface area (TPSA) is 14.1 Å². The fraction of sp³-hybridized carbons (Fsp3) is 1.00. The summed E-state index contributed by atoms with van der Waals surface area (Å²) in [5, 5.41) is 0.686. The van der Waals surface area contributed by atoms with E-state index in [9.17, 15) is 0 Å². The van der Waals surface area contributed by atoms with Gasteiger partial charge < -0.3 is 4.65 Å². The van der Waals surface area contributed by atoms with Crippen LogP contribution in [0.2, 0.25) is 34.3 Å². The molecule has 0 saturated carbocycles. The van der Waals surface area contributed by atoms with Gasteiger partial charge in [-0.3, -0.25) is 0 Å². The van der Waals surface area contributed by atoms with E-state index in [-0.39, 0.29) is 18.9 Å². The van der Waals surface area contributed by atoms with Gasteiger partial charge in [0.15, 0.2) is 0 Å². The van der Waals surface area contributed by atoms with Gasteiger partial charge in [0.25, 0.3) is 0 Å². The minimum Gasteiger partial charge on any atom is -0.665 e. The van der Waals surface area contributed by atoms with Crippen molar-refractivity contribution in [3.63, 3.8) is 0 Å². The van der Waals surface area contributed by atoms with Gasteiger partial charge in [-0.25, -0.2) is 0 Å². The number of hydrogen-bond donors (Lipinski definition) is 0.